The van der Waals surface area contributed by atoms with Gasteiger partial charge in [-0.1, -0.05) is 48.5 Å². The Labute approximate surface area is 157 Å². The van der Waals surface area contributed by atoms with Crippen LogP contribution in [0.1, 0.15) is 11.3 Å². The fourth-order valence-corrected chi connectivity index (χ4v) is 4.57. The van der Waals surface area contributed by atoms with Gasteiger partial charge in [0.25, 0.3) is 0 Å². The Kier molecular flexibility index (Phi) is 4.75. The summed E-state index contributed by atoms with van der Waals surface area (Å²) in [7, 11) is -3.79. The molecule has 0 atom stereocenters. The van der Waals surface area contributed by atoms with E-state index in [0.717, 1.165) is 10.9 Å². The first-order valence-electron chi connectivity index (χ1n) is 8.55. The largest absolute Gasteiger partial charge is 0.468 e. The van der Waals surface area contributed by atoms with E-state index >= 15 is 0 Å². The van der Waals surface area contributed by atoms with Crippen LogP contribution in [0.2, 0.25) is 0 Å². The van der Waals surface area contributed by atoms with Crippen LogP contribution in [-0.4, -0.2) is 17.7 Å². The Balaban J connectivity index is 1.79. The van der Waals surface area contributed by atoms with Crippen molar-refractivity contribution in [1.29, 1.82) is 0 Å². The average molecular weight is 378 g/mol. The molecule has 136 valence electrons. The van der Waals surface area contributed by atoms with Gasteiger partial charge in [0.15, 0.2) is 0 Å². The Morgan fingerprint density at radius 1 is 0.852 bits per heavy atom. The van der Waals surface area contributed by atoms with Gasteiger partial charge >= 0.3 is 0 Å². The number of para-hydroxylation sites is 1. The highest BCUT2D eigenvalue weighted by molar-refractivity contribution is 7.89. The lowest BCUT2D eigenvalue weighted by atomic mass is 10.2. The van der Waals surface area contributed by atoms with Gasteiger partial charge in [-0.15, -0.1) is 0 Å². The normalized spacial score (nSPS) is 11.9. The summed E-state index contributed by atoms with van der Waals surface area (Å²) in [6.45, 7) is 0.389. The van der Waals surface area contributed by atoms with Crippen LogP contribution in [0.25, 0.3) is 10.9 Å². The Morgan fingerprint density at radius 3 is 2.44 bits per heavy atom. The van der Waals surface area contributed by atoms with Gasteiger partial charge in [0.2, 0.25) is 10.0 Å². The molecule has 0 unspecified atom stereocenters. The molecule has 5 nitrogen and oxygen atoms in total. The molecule has 27 heavy (non-hydrogen) atoms. The minimum atomic E-state index is -3.79. The van der Waals surface area contributed by atoms with E-state index < -0.39 is 10.0 Å². The first-order valence-corrected chi connectivity index (χ1v) is 9.99. The molecule has 0 saturated carbocycles. The zero-order valence-electron chi connectivity index (χ0n) is 14.5. The average Bonchev–Trinajstić information content (AvgIpc) is 3.21. The molecule has 2 aromatic heterocycles. The Hall–Kier alpha value is -2.96. The third kappa shape index (κ3) is 3.63. The molecule has 0 amide bonds. The number of benzene rings is 2. The predicted octanol–water partition coefficient (Wildman–Crippen LogP) is 4.22. The van der Waals surface area contributed by atoms with Crippen molar-refractivity contribution in [2.75, 3.05) is 0 Å². The number of hydrogen-bond donors (Lipinski definition) is 0. The number of hydrogen-bond acceptors (Lipinski definition) is 4. The van der Waals surface area contributed by atoms with Gasteiger partial charge in [0.05, 0.1) is 18.3 Å². The molecular weight excluding hydrogens is 360 g/mol. The summed E-state index contributed by atoms with van der Waals surface area (Å²) in [5, 5.41) is 0.788. The molecule has 2 aromatic carbocycles. The van der Waals surface area contributed by atoms with Crippen molar-refractivity contribution in [1.82, 2.24) is 9.29 Å². The first-order chi connectivity index (χ1) is 13.1. The van der Waals surface area contributed by atoms with Crippen molar-refractivity contribution in [3.05, 3.63) is 96.6 Å². The third-order valence-corrected chi connectivity index (χ3v) is 6.15. The zero-order valence-corrected chi connectivity index (χ0v) is 15.3. The van der Waals surface area contributed by atoms with Crippen molar-refractivity contribution in [2.45, 2.75) is 18.0 Å². The van der Waals surface area contributed by atoms with Gasteiger partial charge in [-0.25, -0.2) is 8.42 Å². The molecule has 0 aliphatic carbocycles. The minimum absolute atomic E-state index is 0.146. The molecule has 0 aliphatic heterocycles. The van der Waals surface area contributed by atoms with Crippen molar-refractivity contribution < 1.29 is 12.8 Å². The number of pyridine rings is 1. The summed E-state index contributed by atoms with van der Waals surface area (Å²) in [6, 6.07) is 21.9. The van der Waals surface area contributed by atoms with E-state index in [9.17, 15) is 8.42 Å². The van der Waals surface area contributed by atoms with E-state index in [1.54, 1.807) is 42.8 Å². The number of furan rings is 1. The van der Waals surface area contributed by atoms with Gasteiger partial charge in [-0.2, -0.15) is 4.31 Å². The quantitative estimate of drug-likeness (QED) is 0.504. The molecule has 0 N–H and O–H groups in total. The van der Waals surface area contributed by atoms with Crippen LogP contribution in [0.5, 0.6) is 0 Å². The smallest absolute Gasteiger partial charge is 0.245 e. The number of nitrogens with zero attached hydrogens (tertiary/aromatic N) is 2. The molecule has 0 aliphatic rings. The van der Waals surface area contributed by atoms with Crippen molar-refractivity contribution in [2.24, 2.45) is 0 Å². The molecule has 0 fully saturated rings. The second-order valence-electron chi connectivity index (χ2n) is 6.17. The molecule has 4 rings (SSSR count). The van der Waals surface area contributed by atoms with Crippen molar-refractivity contribution in [3.8, 4) is 0 Å². The molecular formula is C21H18N2O3S. The first kappa shape index (κ1) is 17.5. The Morgan fingerprint density at radius 2 is 1.67 bits per heavy atom. The van der Waals surface area contributed by atoms with Gasteiger partial charge in [0, 0.05) is 18.1 Å². The summed E-state index contributed by atoms with van der Waals surface area (Å²) in [4.78, 5) is 4.50. The molecule has 0 saturated heterocycles. The van der Waals surface area contributed by atoms with Gasteiger partial charge in [0.1, 0.15) is 10.7 Å². The monoisotopic (exact) mass is 378 g/mol. The Bertz CT molecular complexity index is 1140. The van der Waals surface area contributed by atoms with Gasteiger partial charge in [-0.3, -0.25) is 4.98 Å². The van der Waals surface area contributed by atoms with E-state index in [1.807, 2.05) is 42.5 Å². The fourth-order valence-electron chi connectivity index (χ4n) is 3.01. The summed E-state index contributed by atoms with van der Waals surface area (Å²) in [5.41, 5.74) is 1.37. The highest BCUT2D eigenvalue weighted by Crippen LogP contribution is 2.26. The third-order valence-electron chi connectivity index (χ3n) is 4.33. The molecule has 0 radical (unpaired) electrons. The van der Waals surface area contributed by atoms with Crippen LogP contribution in [-0.2, 0) is 23.1 Å². The van der Waals surface area contributed by atoms with E-state index in [0.29, 0.717) is 11.3 Å². The number of rotatable bonds is 6. The molecule has 0 bridgehead atoms. The van der Waals surface area contributed by atoms with E-state index in [4.69, 9.17) is 4.42 Å². The standard InChI is InChI=1S/C21H18N2O3S/c24-27(25,20-12-4-9-18-10-5-13-22-21(18)20)23(16-19-11-6-14-26-19)15-17-7-2-1-3-8-17/h1-14H,15-16H2. The van der Waals surface area contributed by atoms with Crippen molar-refractivity contribution in [3.63, 3.8) is 0 Å². The van der Waals surface area contributed by atoms with Crippen LogP contribution in [0.4, 0.5) is 0 Å². The predicted molar refractivity (Wildman–Crippen MR) is 103 cm³/mol. The molecule has 4 aromatic rings. The van der Waals surface area contributed by atoms with Crippen LogP contribution in [0.15, 0.2) is 94.6 Å². The van der Waals surface area contributed by atoms with Gasteiger partial charge in [-0.05, 0) is 29.8 Å². The lowest BCUT2D eigenvalue weighted by molar-refractivity contribution is 0.359. The number of sulfonamides is 1. The molecule has 6 heteroatoms. The molecule has 2 heterocycles. The zero-order chi connectivity index (χ0) is 18.7. The number of aromatic nitrogens is 1. The van der Waals surface area contributed by atoms with Crippen LogP contribution in [0.3, 0.4) is 0 Å². The van der Waals surface area contributed by atoms with E-state index in [-0.39, 0.29) is 18.0 Å². The summed E-state index contributed by atoms with van der Waals surface area (Å²) in [6.07, 6.45) is 3.15. The summed E-state index contributed by atoms with van der Waals surface area (Å²) >= 11 is 0. The second kappa shape index (κ2) is 7.34. The highest BCUT2D eigenvalue weighted by atomic mass is 32.2. The highest BCUT2D eigenvalue weighted by Gasteiger charge is 2.28. The summed E-state index contributed by atoms with van der Waals surface area (Å²) < 4.78 is 33.9. The van der Waals surface area contributed by atoms with E-state index in [1.165, 1.54) is 4.31 Å². The minimum Gasteiger partial charge on any atom is -0.468 e. The maximum atomic E-state index is 13.5. The van der Waals surface area contributed by atoms with Crippen molar-refractivity contribution >= 4 is 20.9 Å². The lowest BCUT2D eigenvalue weighted by Crippen LogP contribution is -2.30. The SMILES string of the molecule is O=S(=O)(c1cccc2cccnc12)N(Cc1ccccc1)Cc1ccco1. The van der Waals surface area contributed by atoms with Crippen LogP contribution in [0, 0.1) is 0 Å². The lowest BCUT2D eigenvalue weighted by Gasteiger charge is -2.22. The summed E-state index contributed by atoms with van der Waals surface area (Å²) in [5.74, 6) is 0.586. The second-order valence-corrected chi connectivity index (χ2v) is 8.08. The molecule has 0 spiro atoms. The van der Waals surface area contributed by atoms with Gasteiger partial charge < -0.3 is 4.42 Å². The topological polar surface area (TPSA) is 63.4 Å². The number of fused-ring (bicyclic) bond motifs is 1. The van der Waals surface area contributed by atoms with Crippen LogP contribution < -0.4 is 0 Å². The maximum Gasteiger partial charge on any atom is 0.245 e. The van der Waals surface area contributed by atoms with E-state index in [2.05, 4.69) is 4.98 Å². The fraction of sp³-hybridized carbons (Fsp3) is 0.0952. The van der Waals surface area contributed by atoms with Crippen LogP contribution >= 0.6 is 0 Å². The maximum absolute atomic E-state index is 13.5.